The van der Waals surface area contributed by atoms with Gasteiger partial charge in [0, 0.05) is 36.6 Å². The highest BCUT2D eigenvalue weighted by Crippen LogP contribution is 2.34. The number of halogens is 1. The van der Waals surface area contributed by atoms with Crippen LogP contribution in [0.4, 0.5) is 10.1 Å². The van der Waals surface area contributed by atoms with Crippen LogP contribution in [0.3, 0.4) is 0 Å². The molecule has 1 aliphatic heterocycles. The van der Waals surface area contributed by atoms with E-state index in [1.54, 1.807) is 0 Å². The van der Waals surface area contributed by atoms with Gasteiger partial charge in [-0.3, -0.25) is 4.79 Å². The lowest BCUT2D eigenvalue weighted by molar-refractivity contribution is -0.134. The molecule has 0 saturated heterocycles. The minimum Gasteiger partial charge on any atom is -0.489 e. The number of hydrogen-bond acceptors (Lipinski definition) is 6. The molecule has 2 atom stereocenters. The van der Waals surface area contributed by atoms with Gasteiger partial charge in [0.25, 0.3) is 0 Å². The second-order valence-corrected chi connectivity index (χ2v) is 9.13. The summed E-state index contributed by atoms with van der Waals surface area (Å²) in [7, 11) is 4.01. The number of carbonyl (C=O) groups excluding carboxylic acids is 1. The summed E-state index contributed by atoms with van der Waals surface area (Å²) in [6.07, 6.45) is 3.29. The van der Waals surface area contributed by atoms with Gasteiger partial charge in [0.1, 0.15) is 17.7 Å². The Hall–Kier alpha value is -4.05. The largest absolute Gasteiger partial charge is 0.489 e. The number of benzene rings is 2. The summed E-state index contributed by atoms with van der Waals surface area (Å²) in [6, 6.07) is 12.2. The number of hydrazone groups is 1. The number of carboxylic acid groups (broad SMARTS) is 2. The molecule has 2 unspecified atom stereocenters. The lowest BCUT2D eigenvalue weighted by Crippen LogP contribution is -2.39. The SMILES string of the molecule is CC(CN(C)C)Oc1ccc(N2N=C3c4cc(F)ccc4CCC3CC2=O)cc1.O=C(O)/C=C/C(=O)O. The van der Waals surface area contributed by atoms with Gasteiger partial charge in [-0.15, -0.1) is 0 Å². The number of hydrogen-bond donors (Lipinski definition) is 2. The number of nitrogens with zero attached hydrogens (tertiary/aromatic N) is 3. The van der Waals surface area contributed by atoms with Crippen molar-refractivity contribution in [2.45, 2.75) is 32.3 Å². The first kappa shape index (κ1) is 27.5. The maximum Gasteiger partial charge on any atom is 0.328 e. The molecule has 2 aromatic carbocycles. The number of anilines is 1. The molecule has 1 heterocycles. The third-order valence-electron chi connectivity index (χ3n) is 5.77. The predicted molar refractivity (Wildman–Crippen MR) is 136 cm³/mol. The number of aliphatic carboxylic acids is 2. The van der Waals surface area contributed by atoms with E-state index < -0.39 is 11.9 Å². The highest BCUT2D eigenvalue weighted by molar-refractivity contribution is 6.11. The number of carbonyl (C=O) groups is 3. The number of likely N-dealkylation sites (N-methyl/N-ethyl adjacent to an activating group) is 1. The van der Waals surface area contributed by atoms with E-state index in [0.717, 1.165) is 42.0 Å². The molecule has 0 aromatic heterocycles. The molecule has 0 bridgehead atoms. The number of rotatable bonds is 7. The molecule has 0 saturated carbocycles. The number of fused-ring (bicyclic) bond motifs is 3. The van der Waals surface area contributed by atoms with Crippen molar-refractivity contribution < 1.29 is 33.7 Å². The number of amides is 1. The summed E-state index contributed by atoms with van der Waals surface area (Å²) in [5, 5.41) is 21.7. The Morgan fingerprint density at radius 3 is 2.41 bits per heavy atom. The van der Waals surface area contributed by atoms with Gasteiger partial charge in [-0.25, -0.2) is 19.0 Å². The van der Waals surface area contributed by atoms with Crippen molar-refractivity contribution >= 4 is 29.2 Å². The number of carboxylic acids is 2. The molecule has 1 aliphatic carbocycles. The summed E-state index contributed by atoms with van der Waals surface area (Å²) in [5.74, 6) is -2.01. The Morgan fingerprint density at radius 1 is 1.16 bits per heavy atom. The molecule has 2 aromatic rings. The maximum atomic E-state index is 13.8. The molecule has 4 rings (SSSR count). The molecule has 9 nitrogen and oxygen atoms in total. The quantitative estimate of drug-likeness (QED) is 0.546. The Labute approximate surface area is 214 Å². The van der Waals surface area contributed by atoms with E-state index in [2.05, 4.69) is 10.0 Å². The Kier molecular flexibility index (Phi) is 9.13. The van der Waals surface area contributed by atoms with E-state index in [-0.39, 0.29) is 23.7 Å². The van der Waals surface area contributed by atoms with Crippen LogP contribution in [0.15, 0.2) is 59.7 Å². The van der Waals surface area contributed by atoms with Crippen molar-refractivity contribution in [2.24, 2.45) is 11.0 Å². The molecular weight excluding hydrogens is 481 g/mol. The first-order chi connectivity index (χ1) is 17.5. The normalized spacial score (nSPS) is 17.3. The molecule has 1 amide bonds. The minimum absolute atomic E-state index is 0.0340. The van der Waals surface area contributed by atoms with E-state index in [1.807, 2.05) is 51.4 Å². The zero-order chi connectivity index (χ0) is 27.1. The van der Waals surface area contributed by atoms with Gasteiger partial charge in [-0.2, -0.15) is 5.10 Å². The van der Waals surface area contributed by atoms with Crippen molar-refractivity contribution in [3.63, 3.8) is 0 Å². The minimum atomic E-state index is -1.26. The Bertz CT molecular complexity index is 1190. The fourth-order valence-corrected chi connectivity index (χ4v) is 4.28. The number of ether oxygens (including phenoxy) is 1. The highest BCUT2D eigenvalue weighted by atomic mass is 19.1. The molecular formula is C27H30FN3O6. The molecule has 37 heavy (non-hydrogen) atoms. The average molecular weight is 512 g/mol. The highest BCUT2D eigenvalue weighted by Gasteiger charge is 2.34. The van der Waals surface area contributed by atoms with Gasteiger partial charge in [-0.05, 0) is 75.8 Å². The zero-order valence-corrected chi connectivity index (χ0v) is 20.9. The van der Waals surface area contributed by atoms with Crippen molar-refractivity contribution in [1.82, 2.24) is 4.90 Å². The molecule has 0 fully saturated rings. The molecule has 10 heteroatoms. The molecule has 2 aliphatic rings. The third kappa shape index (κ3) is 7.71. The van der Waals surface area contributed by atoms with Crippen molar-refractivity contribution in [2.75, 3.05) is 25.6 Å². The van der Waals surface area contributed by atoms with Gasteiger partial charge in [-0.1, -0.05) is 6.07 Å². The Balaban J connectivity index is 0.000000414. The first-order valence-electron chi connectivity index (χ1n) is 11.8. The van der Waals surface area contributed by atoms with E-state index in [1.165, 1.54) is 17.1 Å². The maximum absolute atomic E-state index is 13.8. The molecule has 0 spiro atoms. The fraction of sp³-hybridized carbons (Fsp3) is 0.333. The van der Waals surface area contributed by atoms with Crippen LogP contribution in [0, 0.1) is 11.7 Å². The van der Waals surface area contributed by atoms with E-state index >= 15 is 0 Å². The Morgan fingerprint density at radius 2 is 1.81 bits per heavy atom. The monoisotopic (exact) mass is 511 g/mol. The second-order valence-electron chi connectivity index (χ2n) is 9.13. The molecule has 2 N–H and O–H groups in total. The van der Waals surface area contributed by atoms with Crippen LogP contribution in [0.1, 0.15) is 30.9 Å². The van der Waals surface area contributed by atoms with Gasteiger partial charge in [0.2, 0.25) is 5.91 Å². The van der Waals surface area contributed by atoms with Crippen molar-refractivity contribution in [3.8, 4) is 5.75 Å². The average Bonchev–Trinajstić information content (AvgIpc) is 2.82. The first-order valence-corrected chi connectivity index (χ1v) is 11.8. The van der Waals surface area contributed by atoms with Crippen LogP contribution in [-0.2, 0) is 20.8 Å². The van der Waals surface area contributed by atoms with Crippen LogP contribution in [0.5, 0.6) is 5.75 Å². The summed E-state index contributed by atoms with van der Waals surface area (Å²) in [4.78, 5) is 33.9. The van der Waals surface area contributed by atoms with E-state index in [9.17, 15) is 18.8 Å². The standard InChI is InChI=1S/C23H26FN3O2.C4H4O4/c1-15(14-26(2)3)29-20-10-8-19(9-11-20)27-22(28)12-17-5-4-16-6-7-18(24)13-21(16)23(17)25-27;5-3(6)1-2-4(7)8/h6-11,13,15,17H,4-5,12,14H2,1-3H3;1-2H,(H,5,6)(H,7,8)/b;2-1+. The van der Waals surface area contributed by atoms with E-state index in [0.29, 0.717) is 24.3 Å². The smallest absolute Gasteiger partial charge is 0.328 e. The van der Waals surface area contributed by atoms with Gasteiger partial charge in [0.15, 0.2) is 0 Å². The van der Waals surface area contributed by atoms with Crippen LogP contribution in [0.2, 0.25) is 0 Å². The summed E-state index contributed by atoms with van der Waals surface area (Å²) in [6.45, 7) is 2.84. The van der Waals surface area contributed by atoms with E-state index in [4.69, 9.17) is 14.9 Å². The zero-order valence-electron chi connectivity index (χ0n) is 20.9. The van der Waals surface area contributed by atoms with Crippen molar-refractivity contribution in [1.29, 1.82) is 0 Å². The van der Waals surface area contributed by atoms with Crippen LogP contribution < -0.4 is 9.75 Å². The lowest BCUT2D eigenvalue weighted by atomic mass is 9.79. The summed E-state index contributed by atoms with van der Waals surface area (Å²) < 4.78 is 19.7. The van der Waals surface area contributed by atoms with Gasteiger partial charge < -0.3 is 19.8 Å². The summed E-state index contributed by atoms with van der Waals surface area (Å²) in [5.41, 5.74) is 3.42. The fourth-order valence-electron chi connectivity index (χ4n) is 4.28. The third-order valence-corrected chi connectivity index (χ3v) is 5.77. The van der Waals surface area contributed by atoms with Gasteiger partial charge in [0.05, 0.1) is 11.4 Å². The predicted octanol–water partition coefficient (Wildman–Crippen LogP) is 3.57. The molecule has 196 valence electrons. The lowest BCUT2D eigenvalue weighted by Gasteiger charge is -2.33. The van der Waals surface area contributed by atoms with Crippen LogP contribution in [0.25, 0.3) is 0 Å². The van der Waals surface area contributed by atoms with Gasteiger partial charge >= 0.3 is 11.9 Å². The number of aryl methyl sites for hydroxylation is 1. The second kappa shape index (κ2) is 12.3. The topological polar surface area (TPSA) is 120 Å². The summed E-state index contributed by atoms with van der Waals surface area (Å²) >= 11 is 0. The van der Waals surface area contributed by atoms with Crippen molar-refractivity contribution in [3.05, 3.63) is 71.6 Å². The van der Waals surface area contributed by atoms with Crippen LogP contribution in [-0.4, -0.2) is 65.4 Å². The van der Waals surface area contributed by atoms with Crippen LogP contribution >= 0.6 is 0 Å². The molecule has 0 radical (unpaired) electrons.